The van der Waals surface area contributed by atoms with E-state index < -0.39 is 0 Å². The Balaban J connectivity index is 1.84. The predicted molar refractivity (Wildman–Crippen MR) is 100 cm³/mol. The van der Waals surface area contributed by atoms with Crippen LogP contribution in [0.3, 0.4) is 0 Å². The summed E-state index contributed by atoms with van der Waals surface area (Å²) in [6.45, 7) is 16.0. The smallest absolute Gasteiger partial charge is 0.000813 e. The average Bonchev–Trinajstić information content (AvgIpc) is 2.52. The van der Waals surface area contributed by atoms with Crippen LogP contribution in [0.25, 0.3) is 0 Å². The number of nitrogens with one attached hydrogen (secondary N) is 1. The molecule has 2 saturated carbocycles. The van der Waals surface area contributed by atoms with Gasteiger partial charge in [-0.25, -0.2) is 0 Å². The van der Waals surface area contributed by atoms with Crippen LogP contribution in [0.4, 0.5) is 0 Å². The van der Waals surface area contributed by atoms with Crippen LogP contribution in [0.15, 0.2) is 11.6 Å². The molecule has 1 heteroatoms. The van der Waals surface area contributed by atoms with E-state index in [4.69, 9.17) is 0 Å². The van der Waals surface area contributed by atoms with Gasteiger partial charge in [0.2, 0.25) is 0 Å². The summed E-state index contributed by atoms with van der Waals surface area (Å²) < 4.78 is 0. The molecular weight excluding hydrogens is 278 g/mol. The number of hydrogen-bond donors (Lipinski definition) is 1. The Morgan fingerprint density at radius 3 is 2.74 bits per heavy atom. The highest BCUT2D eigenvalue weighted by molar-refractivity contribution is 5.22. The molecule has 131 valence electrons. The maximum Gasteiger partial charge on any atom is 0.000813 e. The lowest BCUT2D eigenvalue weighted by Crippen LogP contribution is -2.53. The highest BCUT2D eigenvalue weighted by Gasteiger charge is 2.54. The Morgan fingerprint density at radius 2 is 2.04 bits per heavy atom. The Hall–Kier alpha value is -0.300. The van der Waals surface area contributed by atoms with E-state index in [1.165, 1.54) is 44.9 Å². The average molecular weight is 317 g/mol. The summed E-state index contributed by atoms with van der Waals surface area (Å²) in [5, 5.41) is 3.57. The molecule has 0 bridgehead atoms. The van der Waals surface area contributed by atoms with Crippen LogP contribution in [0.1, 0.15) is 72.6 Å². The van der Waals surface area contributed by atoms with Crippen molar-refractivity contribution >= 4 is 0 Å². The van der Waals surface area contributed by atoms with Gasteiger partial charge < -0.3 is 5.32 Å². The molecule has 1 nitrogen and oxygen atoms in total. The number of rotatable bonds is 4. The van der Waals surface area contributed by atoms with Gasteiger partial charge in [-0.2, -0.15) is 0 Å². The van der Waals surface area contributed by atoms with Crippen LogP contribution < -0.4 is 5.32 Å². The zero-order valence-corrected chi connectivity index (χ0v) is 16.0. The lowest BCUT2D eigenvalue weighted by molar-refractivity contribution is -0.0556. The molecule has 1 N–H and O–H groups in total. The Kier molecular flexibility index (Phi) is 4.98. The first-order valence-electron chi connectivity index (χ1n) is 10.1. The van der Waals surface area contributed by atoms with E-state index in [9.17, 15) is 0 Å². The third-order valence-corrected chi connectivity index (χ3v) is 7.93. The van der Waals surface area contributed by atoms with Crippen molar-refractivity contribution in [3.63, 3.8) is 0 Å². The Morgan fingerprint density at radius 1 is 1.26 bits per heavy atom. The first-order chi connectivity index (χ1) is 10.9. The largest absolute Gasteiger partial charge is 0.316 e. The van der Waals surface area contributed by atoms with Crippen molar-refractivity contribution in [3.05, 3.63) is 18.6 Å². The Bertz CT molecular complexity index is 451. The van der Waals surface area contributed by atoms with Crippen molar-refractivity contribution in [2.45, 2.75) is 72.6 Å². The molecule has 0 saturated heterocycles. The van der Waals surface area contributed by atoms with Gasteiger partial charge in [0.1, 0.15) is 0 Å². The van der Waals surface area contributed by atoms with E-state index in [-0.39, 0.29) is 0 Å². The molecule has 0 aromatic heterocycles. The van der Waals surface area contributed by atoms with Crippen LogP contribution in [0, 0.1) is 41.4 Å². The third-order valence-electron chi connectivity index (χ3n) is 7.93. The van der Waals surface area contributed by atoms with Crippen molar-refractivity contribution in [1.29, 1.82) is 0 Å². The summed E-state index contributed by atoms with van der Waals surface area (Å²) in [5.74, 6) is 3.50. The van der Waals surface area contributed by atoms with Crippen molar-refractivity contribution in [2.75, 3.05) is 13.1 Å². The van der Waals surface area contributed by atoms with E-state index in [1.807, 2.05) is 5.57 Å². The molecule has 3 rings (SSSR count). The summed E-state index contributed by atoms with van der Waals surface area (Å²) in [6, 6.07) is 0. The molecular formula is C22H38N. The van der Waals surface area contributed by atoms with Gasteiger partial charge in [-0.1, -0.05) is 45.8 Å². The van der Waals surface area contributed by atoms with Crippen LogP contribution >= 0.6 is 0 Å². The van der Waals surface area contributed by atoms with Gasteiger partial charge in [0.05, 0.1) is 0 Å². The van der Waals surface area contributed by atoms with Crippen molar-refractivity contribution in [3.8, 4) is 0 Å². The number of hydrogen-bond acceptors (Lipinski definition) is 1. The topological polar surface area (TPSA) is 12.0 Å². The molecule has 0 aliphatic heterocycles. The molecule has 1 radical (unpaired) electrons. The second-order valence-electron chi connectivity index (χ2n) is 9.60. The quantitative estimate of drug-likeness (QED) is 0.663. The van der Waals surface area contributed by atoms with Crippen molar-refractivity contribution in [2.24, 2.45) is 34.5 Å². The molecule has 5 atom stereocenters. The van der Waals surface area contributed by atoms with Crippen LogP contribution in [-0.4, -0.2) is 13.1 Å². The maximum absolute atomic E-state index is 3.99. The zero-order chi connectivity index (χ0) is 16.7. The summed E-state index contributed by atoms with van der Waals surface area (Å²) in [5.41, 5.74) is 2.84. The SMILES string of the molecule is [CH2]CNC[C@@]1(C)CCC[C@@]2(C)C1CC=C1CC(C(C)C)CC[C@H]12. The lowest BCUT2D eigenvalue weighted by atomic mass is 9.46. The summed E-state index contributed by atoms with van der Waals surface area (Å²) in [4.78, 5) is 0. The number of fused-ring (bicyclic) bond motifs is 3. The minimum absolute atomic E-state index is 0.460. The van der Waals surface area contributed by atoms with Gasteiger partial charge >= 0.3 is 0 Å². The first-order valence-corrected chi connectivity index (χ1v) is 10.1. The van der Waals surface area contributed by atoms with Gasteiger partial charge in [-0.15, -0.1) is 0 Å². The van der Waals surface area contributed by atoms with E-state index in [0.29, 0.717) is 10.8 Å². The van der Waals surface area contributed by atoms with Gasteiger partial charge in [0.15, 0.2) is 0 Å². The van der Waals surface area contributed by atoms with Gasteiger partial charge in [0, 0.05) is 6.54 Å². The third kappa shape index (κ3) is 3.03. The Labute approximate surface area is 144 Å². The first kappa shape index (κ1) is 17.5. The fraction of sp³-hybridized carbons (Fsp3) is 0.864. The lowest BCUT2D eigenvalue weighted by Gasteiger charge is -2.59. The van der Waals surface area contributed by atoms with Crippen LogP contribution in [-0.2, 0) is 0 Å². The molecule has 2 fully saturated rings. The van der Waals surface area contributed by atoms with Crippen LogP contribution in [0.5, 0.6) is 0 Å². The van der Waals surface area contributed by atoms with Gasteiger partial charge in [-0.3, -0.25) is 0 Å². The summed E-state index contributed by atoms with van der Waals surface area (Å²) in [7, 11) is 0. The van der Waals surface area contributed by atoms with E-state index in [1.54, 1.807) is 0 Å². The molecule has 2 unspecified atom stereocenters. The van der Waals surface area contributed by atoms with Crippen molar-refractivity contribution < 1.29 is 0 Å². The van der Waals surface area contributed by atoms with E-state index in [2.05, 4.69) is 46.0 Å². The standard InChI is InChI=1S/C22H38N/c1-6-23-15-21(4)12-7-13-22(5)19-10-8-17(16(2)3)14-18(19)9-11-20(21)22/h9,16-17,19-20,23H,1,6-8,10-15H2,2-5H3/t17?,19-,20?,21-,22-/m1/s1. The second-order valence-corrected chi connectivity index (χ2v) is 9.60. The zero-order valence-electron chi connectivity index (χ0n) is 16.0. The highest BCUT2D eigenvalue weighted by Crippen LogP contribution is 2.62. The molecule has 3 aliphatic rings. The molecule has 0 heterocycles. The monoisotopic (exact) mass is 316 g/mol. The molecule has 0 spiro atoms. The molecule has 0 aromatic rings. The fourth-order valence-corrected chi connectivity index (χ4v) is 6.50. The second kappa shape index (κ2) is 6.54. The maximum atomic E-state index is 3.99. The van der Waals surface area contributed by atoms with Crippen LogP contribution in [0.2, 0.25) is 0 Å². The minimum Gasteiger partial charge on any atom is -0.316 e. The highest BCUT2D eigenvalue weighted by atomic mass is 14.9. The minimum atomic E-state index is 0.460. The van der Waals surface area contributed by atoms with Gasteiger partial charge in [0.25, 0.3) is 0 Å². The summed E-state index contributed by atoms with van der Waals surface area (Å²) >= 11 is 0. The predicted octanol–water partition coefficient (Wildman–Crippen LogP) is 5.63. The summed E-state index contributed by atoms with van der Waals surface area (Å²) in [6.07, 6.45) is 12.5. The van der Waals surface area contributed by atoms with E-state index in [0.717, 1.165) is 36.8 Å². The van der Waals surface area contributed by atoms with Gasteiger partial charge in [-0.05, 0) is 86.5 Å². The van der Waals surface area contributed by atoms with E-state index >= 15 is 0 Å². The molecule has 0 aromatic carbocycles. The fourth-order valence-electron chi connectivity index (χ4n) is 6.50. The van der Waals surface area contributed by atoms with Crippen molar-refractivity contribution in [1.82, 2.24) is 5.32 Å². The molecule has 0 amide bonds. The normalized spacial score (nSPS) is 43.7. The molecule has 23 heavy (non-hydrogen) atoms. The molecule has 3 aliphatic carbocycles. The number of allylic oxidation sites excluding steroid dienone is 2.